The number of rotatable bonds is 8. The summed E-state index contributed by atoms with van der Waals surface area (Å²) in [5.74, 6) is 0.730. The number of nitrogens with zero attached hydrogens (tertiary/aromatic N) is 2. The summed E-state index contributed by atoms with van der Waals surface area (Å²) in [6.45, 7) is 11.4. The summed E-state index contributed by atoms with van der Waals surface area (Å²) in [7, 11) is 0. The molecule has 0 spiro atoms. The zero-order valence-corrected chi connectivity index (χ0v) is 20.7. The fraction of sp³-hybridized carbons (Fsp3) is 0.500. The first kappa shape index (κ1) is 22.6. The van der Waals surface area contributed by atoms with Gasteiger partial charge in [-0.25, -0.2) is 0 Å². The van der Waals surface area contributed by atoms with Crippen LogP contribution >= 0.6 is 24.0 Å². The van der Waals surface area contributed by atoms with Crippen molar-refractivity contribution in [3.63, 3.8) is 0 Å². The van der Waals surface area contributed by atoms with Gasteiger partial charge in [-0.1, -0.05) is 62.4 Å². The minimum atomic E-state index is 0.404. The van der Waals surface area contributed by atoms with Crippen LogP contribution in [0, 0.1) is 5.92 Å². The highest BCUT2D eigenvalue weighted by molar-refractivity contribution is 7.99. The molecule has 2 aliphatic heterocycles. The Labute approximate surface area is 197 Å². The number of para-hydroxylation sites is 1. The van der Waals surface area contributed by atoms with Crippen LogP contribution < -0.4 is 10.2 Å². The first-order chi connectivity index (χ1) is 15.1. The van der Waals surface area contributed by atoms with Gasteiger partial charge in [0.2, 0.25) is 0 Å². The highest BCUT2D eigenvalue weighted by Gasteiger charge is 2.29. The van der Waals surface area contributed by atoms with Crippen LogP contribution in [-0.4, -0.2) is 42.1 Å². The minimum Gasteiger partial charge on any atom is -0.376 e. The van der Waals surface area contributed by atoms with E-state index >= 15 is 0 Å². The molecule has 0 radical (unpaired) electrons. The molecule has 1 N–H and O–H groups in total. The molecule has 0 saturated carbocycles. The van der Waals surface area contributed by atoms with E-state index in [4.69, 9.17) is 12.2 Å². The van der Waals surface area contributed by atoms with Crippen molar-refractivity contribution in [2.45, 2.75) is 62.3 Å². The Morgan fingerprint density at radius 2 is 1.81 bits per heavy atom. The van der Waals surface area contributed by atoms with Crippen molar-refractivity contribution in [1.82, 2.24) is 10.2 Å². The van der Waals surface area contributed by atoms with Crippen LogP contribution in [0.25, 0.3) is 0 Å². The molecule has 2 aromatic rings. The Hall–Kier alpha value is -1.56. The lowest BCUT2D eigenvalue weighted by molar-refractivity contribution is 0.319. The maximum atomic E-state index is 5.77. The second kappa shape index (κ2) is 10.4. The molecular weight excluding hydrogens is 418 g/mol. The maximum Gasteiger partial charge on any atom is 0.106 e. The fourth-order valence-corrected chi connectivity index (χ4v) is 5.84. The largest absolute Gasteiger partial charge is 0.376 e. The average molecular weight is 454 g/mol. The summed E-state index contributed by atoms with van der Waals surface area (Å²) in [5, 5.41) is 3.49. The van der Waals surface area contributed by atoms with Gasteiger partial charge in [0.1, 0.15) is 4.99 Å². The number of hydrogen-bond acceptors (Lipinski definition) is 4. The van der Waals surface area contributed by atoms with Crippen molar-refractivity contribution >= 4 is 40.3 Å². The van der Waals surface area contributed by atoms with Gasteiger partial charge in [-0.3, -0.25) is 0 Å². The molecule has 1 saturated heterocycles. The van der Waals surface area contributed by atoms with Crippen LogP contribution in [0.3, 0.4) is 0 Å². The second-order valence-corrected chi connectivity index (χ2v) is 10.5. The van der Waals surface area contributed by atoms with Gasteiger partial charge in [-0.2, -0.15) is 0 Å². The van der Waals surface area contributed by atoms with E-state index in [0.29, 0.717) is 6.04 Å². The topological polar surface area (TPSA) is 18.5 Å². The van der Waals surface area contributed by atoms with Gasteiger partial charge in [0.25, 0.3) is 0 Å². The number of anilines is 2. The zero-order chi connectivity index (χ0) is 21.8. The summed E-state index contributed by atoms with van der Waals surface area (Å²) < 4.78 is 0. The van der Waals surface area contributed by atoms with Crippen LogP contribution in [0.2, 0.25) is 0 Å². The summed E-state index contributed by atoms with van der Waals surface area (Å²) in [6.07, 6.45) is 5.03. The molecule has 31 heavy (non-hydrogen) atoms. The van der Waals surface area contributed by atoms with E-state index in [1.54, 1.807) is 0 Å². The molecule has 2 atom stereocenters. The van der Waals surface area contributed by atoms with E-state index < -0.39 is 0 Å². The van der Waals surface area contributed by atoms with Crippen molar-refractivity contribution in [3.05, 3.63) is 48.0 Å². The standard InChI is InChI=1S/C26H35N3S2/c1-4-19(2)13-14-27-26(30)21-11-12-25-23(17-21)29(20(3)18-28-15-7-8-16-28)22-9-5-6-10-24(22)31-25/h5-6,9-12,17,19-20H,4,7-8,13-16,18H2,1-3H3,(H,27,30). The average Bonchev–Trinajstić information content (AvgIpc) is 3.29. The van der Waals surface area contributed by atoms with Gasteiger partial charge in [0, 0.05) is 34.5 Å². The Balaban J connectivity index is 1.58. The first-order valence-electron chi connectivity index (χ1n) is 11.8. The van der Waals surface area contributed by atoms with Gasteiger partial charge in [0.05, 0.1) is 11.4 Å². The quantitative estimate of drug-likeness (QED) is 0.460. The van der Waals surface area contributed by atoms with Gasteiger partial charge < -0.3 is 15.1 Å². The van der Waals surface area contributed by atoms with Crippen LogP contribution in [-0.2, 0) is 0 Å². The molecule has 166 valence electrons. The number of benzene rings is 2. The van der Waals surface area contributed by atoms with Crippen molar-refractivity contribution in [2.75, 3.05) is 31.1 Å². The van der Waals surface area contributed by atoms with Gasteiger partial charge in [-0.15, -0.1) is 0 Å². The summed E-state index contributed by atoms with van der Waals surface area (Å²) in [4.78, 5) is 8.68. The Morgan fingerprint density at radius 3 is 2.58 bits per heavy atom. The summed E-state index contributed by atoms with van der Waals surface area (Å²) >= 11 is 7.64. The highest BCUT2D eigenvalue weighted by atomic mass is 32.2. The predicted octanol–water partition coefficient (Wildman–Crippen LogP) is 6.47. The third-order valence-corrected chi connectivity index (χ3v) is 8.12. The molecule has 2 aliphatic rings. The second-order valence-electron chi connectivity index (χ2n) is 9.04. The third kappa shape index (κ3) is 5.27. The van der Waals surface area contributed by atoms with Crippen LogP contribution in [0.5, 0.6) is 0 Å². The SMILES string of the molecule is CCC(C)CCNC(=S)c1ccc2c(c1)N(C(C)CN1CCCC1)c1ccccc1S2. The number of nitrogens with one attached hydrogen (secondary N) is 1. The lowest BCUT2D eigenvalue weighted by Gasteiger charge is -2.39. The van der Waals surface area contributed by atoms with Crippen LogP contribution in [0.1, 0.15) is 52.0 Å². The normalized spacial score (nSPS) is 17.7. The molecular formula is C26H35N3S2. The molecule has 4 rings (SSSR count). The predicted molar refractivity (Wildman–Crippen MR) is 138 cm³/mol. The van der Waals surface area contributed by atoms with E-state index in [2.05, 4.69) is 78.4 Å². The zero-order valence-electron chi connectivity index (χ0n) is 19.1. The lowest BCUT2D eigenvalue weighted by Crippen LogP contribution is -2.40. The fourth-order valence-electron chi connectivity index (χ4n) is 4.56. The molecule has 2 heterocycles. The monoisotopic (exact) mass is 453 g/mol. The molecule has 0 bridgehead atoms. The molecule has 0 aliphatic carbocycles. The van der Waals surface area contributed by atoms with E-state index in [0.717, 1.165) is 36.0 Å². The first-order valence-corrected chi connectivity index (χ1v) is 13.0. The molecule has 0 amide bonds. The lowest BCUT2D eigenvalue weighted by atomic mass is 10.1. The maximum absolute atomic E-state index is 5.77. The van der Waals surface area contributed by atoms with Gasteiger partial charge in [0.15, 0.2) is 0 Å². The van der Waals surface area contributed by atoms with E-state index in [-0.39, 0.29) is 0 Å². The third-order valence-electron chi connectivity index (χ3n) is 6.61. The van der Waals surface area contributed by atoms with Crippen molar-refractivity contribution in [1.29, 1.82) is 0 Å². The molecule has 2 aromatic carbocycles. The van der Waals surface area contributed by atoms with E-state index in [1.165, 1.54) is 53.5 Å². The van der Waals surface area contributed by atoms with Crippen molar-refractivity contribution in [3.8, 4) is 0 Å². The molecule has 2 unspecified atom stereocenters. The smallest absolute Gasteiger partial charge is 0.106 e. The Bertz CT molecular complexity index is 907. The number of hydrogen-bond donors (Lipinski definition) is 1. The summed E-state index contributed by atoms with van der Waals surface area (Å²) in [5.41, 5.74) is 3.73. The van der Waals surface area contributed by atoms with Gasteiger partial charge >= 0.3 is 0 Å². The minimum absolute atomic E-state index is 0.404. The number of fused-ring (bicyclic) bond motifs is 2. The molecule has 3 nitrogen and oxygen atoms in total. The van der Waals surface area contributed by atoms with Crippen molar-refractivity contribution < 1.29 is 0 Å². The van der Waals surface area contributed by atoms with Crippen LogP contribution in [0.4, 0.5) is 11.4 Å². The number of likely N-dealkylation sites (tertiary alicyclic amines) is 1. The number of thiocarbonyl (C=S) groups is 1. The van der Waals surface area contributed by atoms with Crippen molar-refractivity contribution in [2.24, 2.45) is 5.92 Å². The molecule has 1 fully saturated rings. The molecule has 0 aromatic heterocycles. The summed E-state index contributed by atoms with van der Waals surface area (Å²) in [6, 6.07) is 16.0. The molecule has 5 heteroatoms. The Morgan fingerprint density at radius 1 is 1.06 bits per heavy atom. The highest BCUT2D eigenvalue weighted by Crippen LogP contribution is 2.49. The van der Waals surface area contributed by atoms with Crippen LogP contribution in [0.15, 0.2) is 52.3 Å². The van der Waals surface area contributed by atoms with E-state index in [9.17, 15) is 0 Å². The van der Waals surface area contributed by atoms with Gasteiger partial charge in [-0.05, 0) is 69.5 Å². The van der Waals surface area contributed by atoms with E-state index in [1.807, 2.05) is 11.8 Å². The Kier molecular flexibility index (Phi) is 7.57.